The number of nitrogens with one attached hydrogen (secondary N) is 1. The summed E-state index contributed by atoms with van der Waals surface area (Å²) in [6, 6.07) is 10.9. The molecule has 0 saturated carbocycles. The molecule has 7 heteroatoms. The maximum Gasteiger partial charge on any atom is 0.338 e. The van der Waals surface area contributed by atoms with Crippen molar-refractivity contribution in [2.75, 3.05) is 6.61 Å². The summed E-state index contributed by atoms with van der Waals surface area (Å²) in [6.45, 7) is 2.24. The van der Waals surface area contributed by atoms with Crippen LogP contribution in [0.5, 0.6) is 0 Å². The third-order valence-corrected chi connectivity index (χ3v) is 6.64. The summed E-state index contributed by atoms with van der Waals surface area (Å²) in [4.78, 5) is 42.0. The lowest BCUT2D eigenvalue weighted by molar-refractivity contribution is -0.124. The molecule has 0 radical (unpaired) electrons. The number of esters is 1. The first-order valence-corrected chi connectivity index (χ1v) is 11.6. The summed E-state index contributed by atoms with van der Waals surface area (Å²) < 4.78 is 6.92. The van der Waals surface area contributed by atoms with Gasteiger partial charge in [-0.1, -0.05) is 18.2 Å². The molecule has 1 aliphatic carbocycles. The molecule has 2 aliphatic rings. The molecule has 3 aromatic rings. The van der Waals surface area contributed by atoms with Crippen LogP contribution in [0.15, 0.2) is 41.2 Å². The molecule has 33 heavy (non-hydrogen) atoms. The van der Waals surface area contributed by atoms with Gasteiger partial charge in [-0.05, 0) is 73.9 Å². The summed E-state index contributed by atoms with van der Waals surface area (Å²) >= 11 is 0. The normalized spacial score (nSPS) is 15.5. The topological polar surface area (TPSA) is 90.3 Å². The maximum atomic E-state index is 12.6. The van der Waals surface area contributed by atoms with Gasteiger partial charge < -0.3 is 10.1 Å². The Kier molecular flexibility index (Phi) is 5.70. The quantitative estimate of drug-likeness (QED) is 0.609. The van der Waals surface area contributed by atoms with Gasteiger partial charge in [0.15, 0.2) is 6.61 Å². The molecule has 5 rings (SSSR count). The molecule has 1 N–H and O–H groups in total. The summed E-state index contributed by atoms with van der Waals surface area (Å²) in [5.74, 6) is -0.229. The Balaban J connectivity index is 1.22. The van der Waals surface area contributed by atoms with Crippen molar-refractivity contribution < 1.29 is 14.3 Å². The lowest BCUT2D eigenvalue weighted by Gasteiger charge is -2.20. The number of benzene rings is 2. The van der Waals surface area contributed by atoms with E-state index in [0.717, 1.165) is 37.1 Å². The summed E-state index contributed by atoms with van der Waals surface area (Å²) in [5.41, 5.74) is 4.48. The molecule has 1 aromatic heterocycles. The lowest BCUT2D eigenvalue weighted by atomic mass is 9.89. The van der Waals surface area contributed by atoms with Crippen molar-refractivity contribution in [1.82, 2.24) is 14.9 Å². The third kappa shape index (κ3) is 4.27. The second kappa shape index (κ2) is 8.81. The van der Waals surface area contributed by atoms with Gasteiger partial charge >= 0.3 is 5.97 Å². The molecule has 170 valence electrons. The number of carbonyl (C=O) groups excluding carboxylic acids is 2. The first-order valence-electron chi connectivity index (χ1n) is 11.6. The van der Waals surface area contributed by atoms with Gasteiger partial charge in [-0.25, -0.2) is 9.78 Å². The summed E-state index contributed by atoms with van der Waals surface area (Å²) in [6.07, 6.45) is 6.28. The van der Waals surface area contributed by atoms with Crippen molar-refractivity contribution in [3.05, 3.63) is 74.8 Å². The van der Waals surface area contributed by atoms with Crippen LogP contribution in [0.4, 0.5) is 0 Å². The Hall–Kier alpha value is -3.48. The number of nitrogens with zero attached hydrogens (tertiary/aromatic N) is 2. The zero-order valence-electron chi connectivity index (χ0n) is 18.7. The first kappa shape index (κ1) is 21.4. The zero-order chi connectivity index (χ0) is 22.9. The van der Waals surface area contributed by atoms with Gasteiger partial charge in [0.2, 0.25) is 0 Å². The molecule has 2 heterocycles. The second-order valence-corrected chi connectivity index (χ2v) is 8.92. The Bertz CT molecular complexity index is 1310. The minimum Gasteiger partial charge on any atom is -0.452 e. The molecule has 0 fully saturated rings. The fraction of sp³-hybridized carbons (Fsp3) is 0.385. The highest BCUT2D eigenvalue weighted by molar-refractivity contribution is 5.95. The molecular formula is C26H27N3O4. The van der Waals surface area contributed by atoms with Crippen LogP contribution in [0.3, 0.4) is 0 Å². The van der Waals surface area contributed by atoms with E-state index in [9.17, 15) is 14.4 Å². The number of carbonyl (C=O) groups is 2. The molecular weight excluding hydrogens is 418 g/mol. The highest BCUT2D eigenvalue weighted by atomic mass is 16.5. The van der Waals surface area contributed by atoms with Crippen LogP contribution in [-0.4, -0.2) is 28.0 Å². The van der Waals surface area contributed by atoms with Gasteiger partial charge in [0.25, 0.3) is 11.5 Å². The number of amides is 1. The van der Waals surface area contributed by atoms with Gasteiger partial charge in [0, 0.05) is 13.0 Å². The average Bonchev–Trinajstić information content (AvgIpc) is 3.31. The number of rotatable bonds is 5. The third-order valence-electron chi connectivity index (χ3n) is 6.64. The molecule has 2 aromatic carbocycles. The minimum absolute atomic E-state index is 0.0806. The molecule has 0 spiro atoms. The van der Waals surface area contributed by atoms with E-state index >= 15 is 0 Å². The van der Waals surface area contributed by atoms with E-state index in [2.05, 4.69) is 28.5 Å². The molecule has 1 atom stereocenters. The number of hydrogen-bond acceptors (Lipinski definition) is 5. The zero-order valence-corrected chi connectivity index (χ0v) is 18.7. The summed E-state index contributed by atoms with van der Waals surface area (Å²) in [7, 11) is 0. The van der Waals surface area contributed by atoms with E-state index in [1.807, 2.05) is 6.92 Å². The van der Waals surface area contributed by atoms with Crippen LogP contribution in [0.25, 0.3) is 10.9 Å². The van der Waals surface area contributed by atoms with Gasteiger partial charge in [-0.2, -0.15) is 0 Å². The van der Waals surface area contributed by atoms with Crippen LogP contribution in [0.1, 0.15) is 65.1 Å². The van der Waals surface area contributed by atoms with Gasteiger partial charge in [-0.15, -0.1) is 0 Å². The van der Waals surface area contributed by atoms with Crippen molar-refractivity contribution in [2.45, 2.75) is 58.0 Å². The fourth-order valence-corrected chi connectivity index (χ4v) is 4.81. The van der Waals surface area contributed by atoms with Crippen molar-refractivity contribution in [2.24, 2.45) is 0 Å². The average molecular weight is 446 g/mol. The highest BCUT2D eigenvalue weighted by Gasteiger charge is 2.19. The largest absolute Gasteiger partial charge is 0.452 e. The standard InChI is InChI=1S/C26H27N3O4/c1-16(18-9-8-17-5-2-3-6-19(17)13-18)27-24(30)15-33-26(32)20-10-11-21-22(14-20)28-23-7-4-12-29(23)25(21)31/h8-11,13-14,16H,2-7,12,15H2,1H3,(H,27,30)/t16-/m1/s1. The minimum atomic E-state index is -0.615. The molecule has 0 unspecified atom stereocenters. The molecule has 0 saturated heterocycles. The van der Waals surface area contributed by atoms with Crippen LogP contribution in [0.2, 0.25) is 0 Å². The van der Waals surface area contributed by atoms with Crippen LogP contribution < -0.4 is 10.9 Å². The summed E-state index contributed by atoms with van der Waals surface area (Å²) in [5, 5.41) is 3.38. The second-order valence-electron chi connectivity index (χ2n) is 8.92. The highest BCUT2D eigenvalue weighted by Crippen LogP contribution is 2.24. The Morgan fingerprint density at radius 1 is 1.06 bits per heavy atom. The van der Waals surface area contributed by atoms with E-state index in [-0.39, 0.29) is 29.7 Å². The Morgan fingerprint density at radius 2 is 1.88 bits per heavy atom. The van der Waals surface area contributed by atoms with Gasteiger partial charge in [0.1, 0.15) is 5.82 Å². The lowest BCUT2D eigenvalue weighted by Crippen LogP contribution is -2.31. The SMILES string of the molecule is C[C@@H](NC(=O)COC(=O)c1ccc2c(=O)n3c(nc2c1)CCC3)c1ccc2c(c1)CCCC2. The Morgan fingerprint density at radius 3 is 2.73 bits per heavy atom. The van der Waals surface area contributed by atoms with Gasteiger partial charge in [-0.3, -0.25) is 14.2 Å². The molecule has 1 amide bonds. The molecule has 1 aliphatic heterocycles. The van der Waals surface area contributed by atoms with E-state index in [0.29, 0.717) is 17.4 Å². The van der Waals surface area contributed by atoms with Crippen molar-refractivity contribution in [3.63, 3.8) is 0 Å². The van der Waals surface area contributed by atoms with E-state index < -0.39 is 5.97 Å². The number of aromatic nitrogens is 2. The van der Waals surface area contributed by atoms with E-state index in [1.165, 1.54) is 24.0 Å². The van der Waals surface area contributed by atoms with E-state index in [4.69, 9.17) is 4.74 Å². The van der Waals surface area contributed by atoms with Crippen LogP contribution >= 0.6 is 0 Å². The predicted octanol–water partition coefficient (Wildman–Crippen LogP) is 3.26. The molecule has 0 bridgehead atoms. The number of aryl methyl sites for hydroxylation is 3. The number of hydrogen-bond donors (Lipinski definition) is 1. The van der Waals surface area contributed by atoms with Gasteiger partial charge in [0.05, 0.1) is 22.5 Å². The Labute approximate surface area is 191 Å². The predicted molar refractivity (Wildman–Crippen MR) is 124 cm³/mol. The fourth-order valence-electron chi connectivity index (χ4n) is 4.81. The molecule has 7 nitrogen and oxygen atoms in total. The van der Waals surface area contributed by atoms with E-state index in [1.54, 1.807) is 22.8 Å². The first-order chi connectivity index (χ1) is 16.0. The van der Waals surface area contributed by atoms with Crippen LogP contribution in [-0.2, 0) is 35.3 Å². The van der Waals surface area contributed by atoms with Crippen molar-refractivity contribution >= 4 is 22.8 Å². The maximum absolute atomic E-state index is 12.6. The van der Waals surface area contributed by atoms with Crippen molar-refractivity contribution in [1.29, 1.82) is 0 Å². The van der Waals surface area contributed by atoms with Crippen LogP contribution in [0, 0.1) is 0 Å². The smallest absolute Gasteiger partial charge is 0.338 e. The van der Waals surface area contributed by atoms with Crippen molar-refractivity contribution in [3.8, 4) is 0 Å². The number of fused-ring (bicyclic) bond motifs is 3. The number of ether oxygens (including phenoxy) is 1. The monoisotopic (exact) mass is 445 g/mol.